The lowest BCUT2D eigenvalue weighted by molar-refractivity contribution is 0.151. The summed E-state index contributed by atoms with van der Waals surface area (Å²) in [5.74, 6) is 1.64. The van der Waals surface area contributed by atoms with Gasteiger partial charge in [0.05, 0.1) is 0 Å². The highest BCUT2D eigenvalue weighted by Crippen LogP contribution is 2.27. The molecule has 0 spiro atoms. The predicted octanol–water partition coefficient (Wildman–Crippen LogP) is 2.44. The second kappa shape index (κ2) is 5.72. The maximum Gasteiger partial charge on any atom is 0.0477 e. The Morgan fingerprint density at radius 2 is 2.00 bits per heavy atom. The smallest absolute Gasteiger partial charge is 0.0477 e. The molecule has 0 saturated heterocycles. The van der Waals surface area contributed by atoms with E-state index in [-0.39, 0.29) is 0 Å². The summed E-state index contributed by atoms with van der Waals surface area (Å²) >= 11 is 0. The average molecular weight is 199 g/mol. The molecular weight excluding hydrogens is 174 g/mol. The maximum atomic E-state index is 5.14. The monoisotopic (exact) mass is 199 g/mol. The molecule has 1 N–H and O–H groups in total. The van der Waals surface area contributed by atoms with Gasteiger partial charge in [0.2, 0.25) is 0 Å². The van der Waals surface area contributed by atoms with Crippen molar-refractivity contribution in [3.63, 3.8) is 0 Å². The van der Waals surface area contributed by atoms with E-state index in [1.165, 1.54) is 12.8 Å². The Labute approximate surface area is 88.4 Å². The van der Waals surface area contributed by atoms with Gasteiger partial charge in [-0.2, -0.15) is 0 Å². The Bertz CT molecular complexity index is 152. The SMILES string of the molecule is COCCC(NC1CC(C)C1)C(C)C. The number of rotatable bonds is 6. The number of hydrogen-bond donors (Lipinski definition) is 1. The second-order valence-electron chi connectivity index (χ2n) is 5.07. The van der Waals surface area contributed by atoms with Crippen LogP contribution in [-0.4, -0.2) is 25.8 Å². The third kappa shape index (κ3) is 3.58. The van der Waals surface area contributed by atoms with Gasteiger partial charge in [0.25, 0.3) is 0 Å². The summed E-state index contributed by atoms with van der Waals surface area (Å²) in [5, 5.41) is 3.74. The van der Waals surface area contributed by atoms with Crippen LogP contribution >= 0.6 is 0 Å². The molecule has 1 unspecified atom stereocenters. The van der Waals surface area contributed by atoms with E-state index >= 15 is 0 Å². The number of hydrogen-bond acceptors (Lipinski definition) is 2. The molecule has 84 valence electrons. The Balaban J connectivity index is 2.21. The van der Waals surface area contributed by atoms with Crippen molar-refractivity contribution in [3.05, 3.63) is 0 Å². The molecule has 0 heterocycles. The summed E-state index contributed by atoms with van der Waals surface area (Å²) in [7, 11) is 1.78. The standard InChI is InChI=1S/C12H25NO/c1-9(2)12(5-6-14-4)13-11-7-10(3)8-11/h9-13H,5-8H2,1-4H3. The molecule has 1 saturated carbocycles. The van der Waals surface area contributed by atoms with Gasteiger partial charge in [-0.3, -0.25) is 0 Å². The molecule has 0 amide bonds. The first-order chi connectivity index (χ1) is 6.63. The van der Waals surface area contributed by atoms with Gasteiger partial charge in [-0.15, -0.1) is 0 Å². The Morgan fingerprint density at radius 3 is 2.43 bits per heavy atom. The Hall–Kier alpha value is -0.0800. The molecule has 0 aromatic carbocycles. The van der Waals surface area contributed by atoms with E-state index in [2.05, 4.69) is 26.1 Å². The summed E-state index contributed by atoms with van der Waals surface area (Å²) in [6, 6.07) is 1.40. The van der Waals surface area contributed by atoms with Crippen molar-refractivity contribution in [2.75, 3.05) is 13.7 Å². The fraction of sp³-hybridized carbons (Fsp3) is 1.00. The highest BCUT2D eigenvalue weighted by atomic mass is 16.5. The highest BCUT2D eigenvalue weighted by molar-refractivity contribution is 4.86. The fourth-order valence-electron chi connectivity index (χ4n) is 2.20. The van der Waals surface area contributed by atoms with E-state index in [9.17, 15) is 0 Å². The highest BCUT2D eigenvalue weighted by Gasteiger charge is 2.27. The van der Waals surface area contributed by atoms with Crippen molar-refractivity contribution in [1.82, 2.24) is 5.32 Å². The van der Waals surface area contributed by atoms with Crippen LogP contribution in [0.5, 0.6) is 0 Å². The van der Waals surface area contributed by atoms with Crippen LogP contribution in [0.2, 0.25) is 0 Å². The lowest BCUT2D eigenvalue weighted by atomic mass is 9.81. The van der Waals surface area contributed by atoms with E-state index in [1.54, 1.807) is 7.11 Å². The molecule has 1 aliphatic carbocycles. The fourth-order valence-corrected chi connectivity index (χ4v) is 2.20. The third-order valence-corrected chi connectivity index (χ3v) is 3.26. The lowest BCUT2D eigenvalue weighted by Crippen LogP contribution is -2.48. The molecule has 2 heteroatoms. The topological polar surface area (TPSA) is 21.3 Å². The van der Waals surface area contributed by atoms with E-state index in [1.807, 2.05) is 0 Å². The molecule has 0 aromatic heterocycles. The van der Waals surface area contributed by atoms with Crippen LogP contribution in [0, 0.1) is 11.8 Å². The number of ether oxygens (including phenoxy) is 1. The third-order valence-electron chi connectivity index (χ3n) is 3.26. The summed E-state index contributed by atoms with van der Waals surface area (Å²) in [5.41, 5.74) is 0. The molecule has 1 aliphatic rings. The molecule has 1 fully saturated rings. The molecule has 2 nitrogen and oxygen atoms in total. The average Bonchev–Trinajstić information content (AvgIpc) is 2.08. The van der Waals surface area contributed by atoms with Crippen LogP contribution in [0.15, 0.2) is 0 Å². The summed E-state index contributed by atoms with van der Waals surface area (Å²) in [6.45, 7) is 7.78. The molecule has 0 bridgehead atoms. The normalized spacial score (nSPS) is 28.9. The molecule has 1 rings (SSSR count). The minimum atomic E-state index is 0.632. The zero-order valence-corrected chi connectivity index (χ0v) is 10.0. The maximum absolute atomic E-state index is 5.14. The molecular formula is C12H25NO. The van der Waals surface area contributed by atoms with Crippen molar-refractivity contribution in [3.8, 4) is 0 Å². The van der Waals surface area contributed by atoms with Crippen LogP contribution in [0.1, 0.15) is 40.0 Å². The summed E-state index contributed by atoms with van der Waals surface area (Å²) < 4.78 is 5.14. The van der Waals surface area contributed by atoms with Crippen molar-refractivity contribution in [1.29, 1.82) is 0 Å². The predicted molar refractivity (Wildman–Crippen MR) is 60.4 cm³/mol. The quantitative estimate of drug-likeness (QED) is 0.709. The lowest BCUT2D eigenvalue weighted by Gasteiger charge is -2.37. The Kier molecular flexibility index (Phi) is 4.90. The van der Waals surface area contributed by atoms with E-state index in [0.717, 1.165) is 25.0 Å². The van der Waals surface area contributed by atoms with Crippen molar-refractivity contribution >= 4 is 0 Å². The summed E-state index contributed by atoms with van der Waals surface area (Å²) in [4.78, 5) is 0. The van der Waals surface area contributed by atoms with Gasteiger partial charge >= 0.3 is 0 Å². The largest absolute Gasteiger partial charge is 0.385 e. The molecule has 0 aliphatic heterocycles. The van der Waals surface area contributed by atoms with Crippen molar-refractivity contribution < 1.29 is 4.74 Å². The van der Waals surface area contributed by atoms with Crippen LogP contribution < -0.4 is 5.32 Å². The number of nitrogens with one attached hydrogen (secondary N) is 1. The molecule has 1 atom stereocenters. The van der Waals surface area contributed by atoms with E-state index in [4.69, 9.17) is 4.74 Å². The second-order valence-corrected chi connectivity index (χ2v) is 5.07. The van der Waals surface area contributed by atoms with Crippen LogP contribution in [0.3, 0.4) is 0 Å². The van der Waals surface area contributed by atoms with Gasteiger partial charge in [-0.25, -0.2) is 0 Å². The van der Waals surface area contributed by atoms with Crippen LogP contribution in [0.25, 0.3) is 0 Å². The number of methoxy groups -OCH3 is 1. The zero-order chi connectivity index (χ0) is 10.6. The van der Waals surface area contributed by atoms with Gasteiger partial charge in [0.15, 0.2) is 0 Å². The van der Waals surface area contributed by atoms with Crippen LogP contribution in [-0.2, 0) is 4.74 Å². The van der Waals surface area contributed by atoms with E-state index in [0.29, 0.717) is 12.0 Å². The molecule has 0 aromatic rings. The van der Waals surface area contributed by atoms with Gasteiger partial charge < -0.3 is 10.1 Å². The first-order valence-corrected chi connectivity index (χ1v) is 5.88. The molecule has 0 radical (unpaired) electrons. The van der Waals surface area contributed by atoms with Crippen LogP contribution in [0.4, 0.5) is 0 Å². The minimum Gasteiger partial charge on any atom is -0.385 e. The van der Waals surface area contributed by atoms with Crippen molar-refractivity contribution in [2.24, 2.45) is 11.8 Å². The van der Waals surface area contributed by atoms with Gasteiger partial charge in [0.1, 0.15) is 0 Å². The summed E-state index contributed by atoms with van der Waals surface area (Å²) in [6.07, 6.45) is 3.85. The van der Waals surface area contributed by atoms with E-state index < -0.39 is 0 Å². The minimum absolute atomic E-state index is 0.632. The Morgan fingerprint density at radius 1 is 1.36 bits per heavy atom. The van der Waals surface area contributed by atoms with Crippen molar-refractivity contribution in [2.45, 2.75) is 52.1 Å². The zero-order valence-electron chi connectivity index (χ0n) is 10.0. The molecule has 14 heavy (non-hydrogen) atoms. The first kappa shape index (κ1) is 12.0. The van der Waals surface area contributed by atoms with Gasteiger partial charge in [0, 0.05) is 25.8 Å². The van der Waals surface area contributed by atoms with Gasteiger partial charge in [-0.1, -0.05) is 20.8 Å². The first-order valence-electron chi connectivity index (χ1n) is 5.88. The van der Waals surface area contributed by atoms with Gasteiger partial charge in [-0.05, 0) is 31.1 Å².